The molecule has 0 fully saturated rings. The number of aryl methyl sites for hydroxylation is 2. The number of hydrogen-bond acceptors (Lipinski definition) is 3. The molecule has 1 aromatic carbocycles. The molecule has 0 aliphatic heterocycles. The average Bonchev–Trinajstić information content (AvgIpc) is 2.33. The number of ether oxygens (including phenoxy) is 1. The number of rotatable bonds is 3. The highest BCUT2D eigenvalue weighted by atomic mass is 16.5. The van der Waals surface area contributed by atoms with E-state index >= 15 is 0 Å². The van der Waals surface area contributed by atoms with Crippen LogP contribution in [-0.4, -0.2) is 4.98 Å². The predicted molar refractivity (Wildman–Crippen MR) is 72.8 cm³/mol. The van der Waals surface area contributed by atoms with E-state index in [1.165, 1.54) is 5.56 Å². The first-order chi connectivity index (χ1) is 8.58. The first-order valence-electron chi connectivity index (χ1n) is 6.03. The van der Waals surface area contributed by atoms with Crippen molar-refractivity contribution in [2.75, 3.05) is 0 Å². The number of hydrogen-bond donors (Lipinski definition) is 1. The molecule has 2 N–H and O–H groups in total. The summed E-state index contributed by atoms with van der Waals surface area (Å²) < 4.78 is 5.87. The Morgan fingerprint density at radius 2 is 2.00 bits per heavy atom. The molecule has 0 saturated carbocycles. The van der Waals surface area contributed by atoms with Crippen LogP contribution in [0.4, 0.5) is 0 Å². The molecule has 0 unspecified atom stereocenters. The maximum Gasteiger partial charge on any atom is 0.223 e. The maximum atomic E-state index is 5.91. The highest BCUT2D eigenvalue weighted by Crippen LogP contribution is 2.28. The zero-order chi connectivity index (χ0) is 13.1. The SMILES string of the molecule is Cc1ccc(Oc2ncccc2[C@@H](C)N)c(C)c1. The van der Waals surface area contributed by atoms with Gasteiger partial charge in [0.2, 0.25) is 5.88 Å². The van der Waals surface area contributed by atoms with Gasteiger partial charge in [0.05, 0.1) is 0 Å². The second-order valence-electron chi connectivity index (χ2n) is 4.56. The van der Waals surface area contributed by atoms with Gasteiger partial charge in [-0.2, -0.15) is 0 Å². The van der Waals surface area contributed by atoms with Crippen molar-refractivity contribution < 1.29 is 4.74 Å². The molecule has 0 radical (unpaired) electrons. The minimum absolute atomic E-state index is 0.0977. The summed E-state index contributed by atoms with van der Waals surface area (Å²) in [6.07, 6.45) is 1.71. The Morgan fingerprint density at radius 3 is 2.67 bits per heavy atom. The van der Waals surface area contributed by atoms with Gasteiger partial charge in [-0.25, -0.2) is 4.98 Å². The zero-order valence-corrected chi connectivity index (χ0v) is 11.0. The van der Waals surface area contributed by atoms with Crippen LogP contribution >= 0.6 is 0 Å². The largest absolute Gasteiger partial charge is 0.438 e. The Kier molecular flexibility index (Phi) is 3.63. The second kappa shape index (κ2) is 5.19. The topological polar surface area (TPSA) is 48.1 Å². The molecule has 0 saturated heterocycles. The van der Waals surface area contributed by atoms with Crippen LogP contribution in [0.2, 0.25) is 0 Å². The summed E-state index contributed by atoms with van der Waals surface area (Å²) in [6.45, 7) is 6.01. The number of pyridine rings is 1. The van der Waals surface area contributed by atoms with Gasteiger partial charge in [-0.15, -0.1) is 0 Å². The lowest BCUT2D eigenvalue weighted by Gasteiger charge is -2.13. The smallest absolute Gasteiger partial charge is 0.223 e. The Bertz CT molecular complexity index is 550. The van der Waals surface area contributed by atoms with Crippen LogP contribution in [0.1, 0.15) is 29.7 Å². The Labute approximate surface area is 108 Å². The summed E-state index contributed by atoms with van der Waals surface area (Å²) in [5.74, 6) is 1.40. The van der Waals surface area contributed by atoms with E-state index in [4.69, 9.17) is 10.5 Å². The zero-order valence-electron chi connectivity index (χ0n) is 11.0. The summed E-state index contributed by atoms with van der Waals surface area (Å²) >= 11 is 0. The van der Waals surface area contributed by atoms with E-state index in [9.17, 15) is 0 Å². The second-order valence-corrected chi connectivity index (χ2v) is 4.56. The van der Waals surface area contributed by atoms with E-state index < -0.39 is 0 Å². The quantitative estimate of drug-likeness (QED) is 0.896. The van der Waals surface area contributed by atoms with Gasteiger partial charge in [0.15, 0.2) is 0 Å². The minimum atomic E-state index is -0.0977. The van der Waals surface area contributed by atoms with E-state index in [0.29, 0.717) is 5.88 Å². The molecule has 18 heavy (non-hydrogen) atoms. The Morgan fingerprint density at radius 1 is 1.22 bits per heavy atom. The minimum Gasteiger partial charge on any atom is -0.438 e. The van der Waals surface area contributed by atoms with Crippen molar-refractivity contribution in [2.45, 2.75) is 26.8 Å². The molecule has 0 bridgehead atoms. The summed E-state index contributed by atoms with van der Waals surface area (Å²) in [4.78, 5) is 4.26. The van der Waals surface area contributed by atoms with E-state index in [2.05, 4.69) is 18.0 Å². The molecule has 1 atom stereocenters. The molecule has 0 aliphatic rings. The molecule has 2 rings (SSSR count). The van der Waals surface area contributed by atoms with Gasteiger partial charge < -0.3 is 10.5 Å². The third-order valence-corrected chi connectivity index (χ3v) is 2.83. The van der Waals surface area contributed by atoms with Crippen LogP contribution in [0.3, 0.4) is 0 Å². The number of nitrogens with zero attached hydrogens (tertiary/aromatic N) is 1. The molecular weight excluding hydrogens is 224 g/mol. The van der Waals surface area contributed by atoms with Crippen molar-refractivity contribution in [1.29, 1.82) is 0 Å². The third kappa shape index (κ3) is 2.68. The maximum absolute atomic E-state index is 5.91. The van der Waals surface area contributed by atoms with Crippen molar-refractivity contribution in [3.8, 4) is 11.6 Å². The van der Waals surface area contributed by atoms with Crippen molar-refractivity contribution in [2.24, 2.45) is 5.73 Å². The van der Waals surface area contributed by atoms with Crippen LogP contribution < -0.4 is 10.5 Å². The van der Waals surface area contributed by atoms with Crippen molar-refractivity contribution >= 4 is 0 Å². The van der Waals surface area contributed by atoms with Crippen LogP contribution in [-0.2, 0) is 0 Å². The van der Waals surface area contributed by atoms with E-state index in [1.807, 2.05) is 38.1 Å². The monoisotopic (exact) mass is 242 g/mol. The fraction of sp³-hybridized carbons (Fsp3) is 0.267. The first kappa shape index (κ1) is 12.6. The van der Waals surface area contributed by atoms with Gasteiger partial charge in [-0.1, -0.05) is 23.8 Å². The molecule has 1 aromatic heterocycles. The number of aromatic nitrogens is 1. The summed E-state index contributed by atoms with van der Waals surface area (Å²) in [6, 6.07) is 9.79. The average molecular weight is 242 g/mol. The normalized spacial score (nSPS) is 12.2. The lowest BCUT2D eigenvalue weighted by Crippen LogP contribution is -2.07. The molecule has 0 spiro atoms. The fourth-order valence-electron chi connectivity index (χ4n) is 1.85. The number of benzene rings is 1. The van der Waals surface area contributed by atoms with Crippen LogP contribution in [0.25, 0.3) is 0 Å². The van der Waals surface area contributed by atoms with Gasteiger partial charge in [0.25, 0.3) is 0 Å². The Balaban J connectivity index is 2.34. The molecular formula is C15H18N2O. The lowest BCUT2D eigenvalue weighted by atomic mass is 10.1. The highest BCUT2D eigenvalue weighted by Gasteiger charge is 2.10. The lowest BCUT2D eigenvalue weighted by molar-refractivity contribution is 0.449. The van der Waals surface area contributed by atoms with E-state index in [0.717, 1.165) is 16.9 Å². The highest BCUT2D eigenvalue weighted by molar-refractivity contribution is 5.40. The number of nitrogens with two attached hydrogens (primary N) is 1. The molecule has 3 nitrogen and oxygen atoms in total. The van der Waals surface area contributed by atoms with Gasteiger partial charge in [0, 0.05) is 17.8 Å². The van der Waals surface area contributed by atoms with Crippen molar-refractivity contribution in [3.63, 3.8) is 0 Å². The van der Waals surface area contributed by atoms with Crippen LogP contribution in [0, 0.1) is 13.8 Å². The van der Waals surface area contributed by atoms with Gasteiger partial charge in [-0.3, -0.25) is 0 Å². The van der Waals surface area contributed by atoms with E-state index in [1.54, 1.807) is 6.20 Å². The molecule has 2 aromatic rings. The van der Waals surface area contributed by atoms with Gasteiger partial charge in [0.1, 0.15) is 5.75 Å². The molecule has 3 heteroatoms. The molecule has 1 heterocycles. The van der Waals surface area contributed by atoms with Gasteiger partial charge >= 0.3 is 0 Å². The van der Waals surface area contributed by atoms with Crippen LogP contribution in [0.15, 0.2) is 36.5 Å². The molecule has 0 amide bonds. The van der Waals surface area contributed by atoms with Crippen molar-refractivity contribution in [1.82, 2.24) is 4.98 Å². The molecule has 94 valence electrons. The Hall–Kier alpha value is -1.87. The first-order valence-corrected chi connectivity index (χ1v) is 6.03. The van der Waals surface area contributed by atoms with Crippen molar-refractivity contribution in [3.05, 3.63) is 53.2 Å². The van der Waals surface area contributed by atoms with E-state index in [-0.39, 0.29) is 6.04 Å². The standard InChI is InChI=1S/C15H18N2O/c1-10-6-7-14(11(2)9-10)18-15-13(12(3)16)5-4-8-17-15/h4-9,12H,16H2,1-3H3/t12-/m1/s1. The fourth-order valence-corrected chi connectivity index (χ4v) is 1.85. The summed E-state index contributed by atoms with van der Waals surface area (Å²) in [5.41, 5.74) is 9.13. The third-order valence-electron chi connectivity index (χ3n) is 2.83. The van der Waals surface area contributed by atoms with Crippen LogP contribution in [0.5, 0.6) is 11.6 Å². The van der Waals surface area contributed by atoms with Gasteiger partial charge in [-0.05, 0) is 38.5 Å². The predicted octanol–water partition coefficient (Wildman–Crippen LogP) is 3.51. The summed E-state index contributed by atoms with van der Waals surface area (Å²) in [5, 5.41) is 0. The summed E-state index contributed by atoms with van der Waals surface area (Å²) in [7, 11) is 0. The molecule has 0 aliphatic carbocycles.